The van der Waals surface area contributed by atoms with Crippen molar-refractivity contribution in [2.75, 3.05) is 33.7 Å². The Morgan fingerprint density at radius 1 is 1.30 bits per heavy atom. The number of esters is 1. The van der Waals surface area contributed by atoms with E-state index in [0.29, 0.717) is 19.8 Å². The van der Waals surface area contributed by atoms with Gasteiger partial charge < -0.3 is 24.3 Å². The maximum atomic E-state index is 11.6. The molecule has 2 aliphatic rings. The van der Waals surface area contributed by atoms with Gasteiger partial charge in [-0.15, -0.1) is 0 Å². The molecule has 1 aromatic carbocycles. The van der Waals surface area contributed by atoms with E-state index in [9.17, 15) is 4.79 Å². The van der Waals surface area contributed by atoms with E-state index < -0.39 is 0 Å². The molecule has 1 fully saturated rings. The largest absolute Gasteiger partial charge is 0.468 e. The Morgan fingerprint density at radius 2 is 2.04 bits per heavy atom. The third-order valence-corrected chi connectivity index (χ3v) is 4.74. The SMILES string of the molecule is COC(=O)C(C)NCC1(c2ccc3c(c2)OCO3)CCOCC1. The number of methoxy groups -OCH3 is 1. The molecule has 2 heterocycles. The summed E-state index contributed by atoms with van der Waals surface area (Å²) in [5.41, 5.74) is 1.11. The van der Waals surface area contributed by atoms with Crippen molar-refractivity contribution in [3.8, 4) is 11.5 Å². The van der Waals surface area contributed by atoms with Gasteiger partial charge in [0.2, 0.25) is 6.79 Å². The topological polar surface area (TPSA) is 66.0 Å². The van der Waals surface area contributed by atoms with Crippen molar-refractivity contribution in [1.29, 1.82) is 0 Å². The average molecular weight is 321 g/mol. The summed E-state index contributed by atoms with van der Waals surface area (Å²) in [6, 6.07) is 5.76. The van der Waals surface area contributed by atoms with Crippen molar-refractivity contribution in [1.82, 2.24) is 5.32 Å². The lowest BCUT2D eigenvalue weighted by atomic mass is 9.74. The summed E-state index contributed by atoms with van der Waals surface area (Å²) in [4.78, 5) is 11.6. The van der Waals surface area contributed by atoms with Gasteiger partial charge in [0.25, 0.3) is 0 Å². The molecular formula is C17H23NO5. The van der Waals surface area contributed by atoms with E-state index >= 15 is 0 Å². The predicted octanol–water partition coefficient (Wildman–Crippen LogP) is 1.61. The van der Waals surface area contributed by atoms with Gasteiger partial charge in [0.1, 0.15) is 6.04 Å². The van der Waals surface area contributed by atoms with E-state index in [4.69, 9.17) is 18.9 Å². The first-order valence-electron chi connectivity index (χ1n) is 7.94. The summed E-state index contributed by atoms with van der Waals surface area (Å²) in [6.45, 7) is 4.20. The lowest BCUT2D eigenvalue weighted by Gasteiger charge is -2.38. The van der Waals surface area contributed by atoms with Gasteiger partial charge in [-0.05, 0) is 37.5 Å². The number of ether oxygens (including phenoxy) is 4. The highest BCUT2D eigenvalue weighted by molar-refractivity contribution is 5.75. The molecule has 6 heteroatoms. The highest BCUT2D eigenvalue weighted by Crippen LogP contribution is 2.40. The van der Waals surface area contributed by atoms with Gasteiger partial charge in [0.15, 0.2) is 11.5 Å². The van der Waals surface area contributed by atoms with Gasteiger partial charge in [-0.2, -0.15) is 0 Å². The third kappa shape index (κ3) is 3.28. The number of benzene rings is 1. The number of fused-ring (bicyclic) bond motifs is 1. The molecule has 126 valence electrons. The monoisotopic (exact) mass is 321 g/mol. The highest BCUT2D eigenvalue weighted by Gasteiger charge is 2.36. The standard InChI is InChI=1S/C17H23NO5/c1-12(16(19)20-2)18-10-17(5-7-21-8-6-17)13-3-4-14-15(9-13)23-11-22-14/h3-4,9,12,18H,5-8,10-11H2,1-2H3. The maximum Gasteiger partial charge on any atom is 0.322 e. The number of carbonyl (C=O) groups is 1. The molecule has 2 aliphatic heterocycles. The molecule has 0 aromatic heterocycles. The Morgan fingerprint density at radius 3 is 2.78 bits per heavy atom. The van der Waals surface area contributed by atoms with Gasteiger partial charge in [0.05, 0.1) is 7.11 Å². The minimum Gasteiger partial charge on any atom is -0.468 e. The van der Waals surface area contributed by atoms with E-state index in [2.05, 4.69) is 17.4 Å². The van der Waals surface area contributed by atoms with Crippen LogP contribution in [0.1, 0.15) is 25.3 Å². The first-order valence-corrected chi connectivity index (χ1v) is 7.94. The van der Waals surface area contributed by atoms with Crippen molar-refractivity contribution >= 4 is 5.97 Å². The molecule has 23 heavy (non-hydrogen) atoms. The van der Waals surface area contributed by atoms with Gasteiger partial charge in [0, 0.05) is 25.2 Å². The van der Waals surface area contributed by atoms with Crippen LogP contribution in [0.3, 0.4) is 0 Å². The van der Waals surface area contributed by atoms with Crippen LogP contribution in [0.15, 0.2) is 18.2 Å². The second-order valence-corrected chi connectivity index (χ2v) is 6.09. The number of rotatable bonds is 5. The summed E-state index contributed by atoms with van der Waals surface area (Å²) in [6.07, 6.45) is 1.79. The Kier molecular flexibility index (Phi) is 4.73. The Labute approximate surface area is 136 Å². The van der Waals surface area contributed by atoms with Gasteiger partial charge in [-0.25, -0.2) is 0 Å². The van der Waals surface area contributed by atoms with Crippen LogP contribution in [-0.2, 0) is 19.7 Å². The molecule has 0 aliphatic carbocycles. The molecule has 0 amide bonds. The molecule has 0 radical (unpaired) electrons. The number of carbonyl (C=O) groups excluding carboxylic acids is 1. The molecule has 1 N–H and O–H groups in total. The summed E-state index contributed by atoms with van der Waals surface area (Å²) in [5.74, 6) is 1.32. The quantitative estimate of drug-likeness (QED) is 0.831. The molecular weight excluding hydrogens is 298 g/mol. The van der Waals surface area contributed by atoms with Crippen molar-refractivity contribution in [2.24, 2.45) is 0 Å². The minimum atomic E-state index is -0.339. The molecule has 0 spiro atoms. The van der Waals surface area contributed by atoms with Crippen molar-refractivity contribution in [3.63, 3.8) is 0 Å². The van der Waals surface area contributed by atoms with Crippen LogP contribution in [0, 0.1) is 0 Å². The molecule has 6 nitrogen and oxygen atoms in total. The zero-order valence-electron chi connectivity index (χ0n) is 13.6. The van der Waals surface area contributed by atoms with E-state index in [1.165, 1.54) is 12.7 Å². The fourth-order valence-corrected chi connectivity index (χ4v) is 3.16. The van der Waals surface area contributed by atoms with E-state index in [-0.39, 0.29) is 24.2 Å². The second kappa shape index (κ2) is 6.76. The van der Waals surface area contributed by atoms with Crippen LogP contribution in [-0.4, -0.2) is 45.7 Å². The molecule has 1 atom stereocenters. The lowest BCUT2D eigenvalue weighted by molar-refractivity contribution is -0.142. The third-order valence-electron chi connectivity index (χ3n) is 4.74. The first-order chi connectivity index (χ1) is 11.1. The fourth-order valence-electron chi connectivity index (χ4n) is 3.16. The molecule has 0 bridgehead atoms. The zero-order valence-corrected chi connectivity index (χ0v) is 13.6. The zero-order chi connectivity index (χ0) is 16.3. The Balaban J connectivity index is 1.80. The van der Waals surface area contributed by atoms with E-state index in [1.807, 2.05) is 13.0 Å². The molecule has 1 unspecified atom stereocenters. The number of nitrogens with one attached hydrogen (secondary N) is 1. The van der Waals surface area contributed by atoms with Crippen LogP contribution in [0.5, 0.6) is 11.5 Å². The van der Waals surface area contributed by atoms with E-state index in [0.717, 1.165) is 24.3 Å². The first kappa shape index (κ1) is 16.1. The predicted molar refractivity (Wildman–Crippen MR) is 83.8 cm³/mol. The summed E-state index contributed by atoms with van der Waals surface area (Å²) < 4.78 is 21.2. The minimum absolute atomic E-state index is 0.0818. The van der Waals surface area contributed by atoms with Crippen molar-refractivity contribution in [2.45, 2.75) is 31.2 Å². The smallest absolute Gasteiger partial charge is 0.322 e. The number of hydrogen-bond donors (Lipinski definition) is 1. The van der Waals surface area contributed by atoms with Gasteiger partial charge in [-0.3, -0.25) is 4.79 Å². The second-order valence-electron chi connectivity index (χ2n) is 6.09. The maximum absolute atomic E-state index is 11.6. The molecule has 1 saturated heterocycles. The van der Waals surface area contributed by atoms with Crippen LogP contribution in [0.4, 0.5) is 0 Å². The van der Waals surface area contributed by atoms with Crippen molar-refractivity contribution in [3.05, 3.63) is 23.8 Å². The molecule has 0 saturated carbocycles. The fraction of sp³-hybridized carbons (Fsp3) is 0.588. The highest BCUT2D eigenvalue weighted by atomic mass is 16.7. The molecule has 3 rings (SSSR count). The summed E-state index contributed by atoms with van der Waals surface area (Å²) in [5, 5.41) is 3.31. The number of hydrogen-bond acceptors (Lipinski definition) is 6. The van der Waals surface area contributed by atoms with Crippen LogP contribution in [0.2, 0.25) is 0 Å². The summed E-state index contributed by atoms with van der Waals surface area (Å²) >= 11 is 0. The van der Waals surface area contributed by atoms with Crippen molar-refractivity contribution < 1.29 is 23.7 Å². The summed E-state index contributed by atoms with van der Waals surface area (Å²) in [7, 11) is 1.41. The Hall–Kier alpha value is -1.79. The van der Waals surface area contributed by atoms with Crippen LogP contribution >= 0.6 is 0 Å². The van der Waals surface area contributed by atoms with Gasteiger partial charge >= 0.3 is 5.97 Å². The normalized spacial score (nSPS) is 20.1. The lowest BCUT2D eigenvalue weighted by Crippen LogP contribution is -2.47. The van der Waals surface area contributed by atoms with E-state index in [1.54, 1.807) is 0 Å². The van der Waals surface area contributed by atoms with Crippen LogP contribution in [0.25, 0.3) is 0 Å². The molecule has 1 aromatic rings. The van der Waals surface area contributed by atoms with Gasteiger partial charge in [-0.1, -0.05) is 6.07 Å². The average Bonchev–Trinajstić information content (AvgIpc) is 3.07. The van der Waals surface area contributed by atoms with Crippen LogP contribution < -0.4 is 14.8 Å². The Bertz CT molecular complexity index is 568.